The van der Waals surface area contributed by atoms with Crippen molar-refractivity contribution in [2.75, 3.05) is 26.2 Å². The summed E-state index contributed by atoms with van der Waals surface area (Å²) in [7, 11) is 0. The van der Waals surface area contributed by atoms with Gasteiger partial charge in [-0.3, -0.25) is 9.59 Å². The maximum atomic E-state index is 11.7. The monoisotopic (exact) mass is 257 g/mol. The molecule has 0 aromatic carbocycles. The average molecular weight is 257 g/mol. The first-order chi connectivity index (χ1) is 8.45. The summed E-state index contributed by atoms with van der Waals surface area (Å²) in [5.41, 5.74) is 0. The van der Waals surface area contributed by atoms with Crippen LogP contribution in [0.5, 0.6) is 0 Å². The molecule has 7 nitrogen and oxygen atoms in total. The van der Waals surface area contributed by atoms with Gasteiger partial charge in [-0.05, 0) is 12.8 Å². The highest BCUT2D eigenvalue weighted by molar-refractivity contribution is 5.84. The molecule has 0 aromatic rings. The first-order valence-electron chi connectivity index (χ1n) is 5.98. The maximum absolute atomic E-state index is 11.7. The van der Waals surface area contributed by atoms with E-state index in [1.807, 2.05) is 0 Å². The molecule has 0 bridgehead atoms. The number of carbonyl (C=O) groups is 3. The van der Waals surface area contributed by atoms with Crippen LogP contribution in [0, 0.1) is 11.8 Å². The van der Waals surface area contributed by atoms with Crippen molar-refractivity contribution in [1.82, 2.24) is 15.5 Å². The standard InChI is InChI=1S/C11H19N3O4/c1-3-12-9(15)4-13-11(18)14-5-7(2)8(6-14)10(16)17/h7-8H,3-6H2,1-2H3,(H,12,15)(H,13,18)(H,16,17). The molecule has 1 saturated heterocycles. The van der Waals surface area contributed by atoms with Crippen molar-refractivity contribution in [1.29, 1.82) is 0 Å². The molecule has 7 heteroatoms. The fraction of sp³-hybridized carbons (Fsp3) is 0.727. The summed E-state index contributed by atoms with van der Waals surface area (Å²) in [5.74, 6) is -1.74. The molecule has 1 rings (SSSR count). The molecule has 3 amide bonds. The number of aliphatic carboxylic acids is 1. The summed E-state index contributed by atoms with van der Waals surface area (Å²) in [6, 6.07) is -0.392. The number of hydrogen-bond acceptors (Lipinski definition) is 3. The number of rotatable bonds is 4. The number of nitrogens with zero attached hydrogens (tertiary/aromatic N) is 1. The SMILES string of the molecule is CCNC(=O)CNC(=O)N1CC(C)C(C(=O)O)C1. The largest absolute Gasteiger partial charge is 0.481 e. The molecule has 102 valence electrons. The smallest absolute Gasteiger partial charge is 0.317 e. The molecule has 1 fully saturated rings. The maximum Gasteiger partial charge on any atom is 0.317 e. The second-order valence-corrected chi connectivity index (χ2v) is 4.44. The van der Waals surface area contributed by atoms with Crippen LogP contribution in [-0.2, 0) is 9.59 Å². The molecule has 18 heavy (non-hydrogen) atoms. The summed E-state index contributed by atoms with van der Waals surface area (Å²) in [6.07, 6.45) is 0. The Morgan fingerprint density at radius 3 is 2.44 bits per heavy atom. The zero-order chi connectivity index (χ0) is 13.7. The van der Waals surface area contributed by atoms with Crippen molar-refractivity contribution < 1.29 is 19.5 Å². The van der Waals surface area contributed by atoms with E-state index in [9.17, 15) is 14.4 Å². The van der Waals surface area contributed by atoms with Crippen molar-refractivity contribution in [3.63, 3.8) is 0 Å². The predicted molar refractivity (Wildman–Crippen MR) is 63.9 cm³/mol. The topological polar surface area (TPSA) is 98.7 Å². The van der Waals surface area contributed by atoms with Crippen molar-refractivity contribution >= 4 is 17.9 Å². The lowest BCUT2D eigenvalue weighted by molar-refractivity contribution is -0.142. The molecule has 1 heterocycles. The second kappa shape index (κ2) is 6.23. The third-order valence-electron chi connectivity index (χ3n) is 2.99. The highest BCUT2D eigenvalue weighted by Crippen LogP contribution is 2.22. The van der Waals surface area contributed by atoms with Gasteiger partial charge >= 0.3 is 12.0 Å². The number of carbonyl (C=O) groups excluding carboxylic acids is 2. The summed E-state index contributed by atoms with van der Waals surface area (Å²) in [5, 5.41) is 14.0. The molecular weight excluding hydrogens is 238 g/mol. The number of urea groups is 1. The third-order valence-corrected chi connectivity index (χ3v) is 2.99. The Morgan fingerprint density at radius 2 is 1.94 bits per heavy atom. The number of likely N-dealkylation sites (N-methyl/N-ethyl adjacent to an activating group) is 1. The first-order valence-corrected chi connectivity index (χ1v) is 5.98. The lowest BCUT2D eigenvalue weighted by atomic mass is 9.99. The minimum atomic E-state index is -0.887. The van der Waals surface area contributed by atoms with Crippen molar-refractivity contribution in [2.45, 2.75) is 13.8 Å². The van der Waals surface area contributed by atoms with Crippen molar-refractivity contribution in [2.24, 2.45) is 11.8 Å². The fourth-order valence-electron chi connectivity index (χ4n) is 1.98. The van der Waals surface area contributed by atoms with Crippen LogP contribution in [0.2, 0.25) is 0 Å². The molecule has 0 spiro atoms. The van der Waals surface area contributed by atoms with Crippen LogP contribution >= 0.6 is 0 Å². The molecule has 0 aliphatic carbocycles. The minimum absolute atomic E-state index is 0.0716. The van der Waals surface area contributed by atoms with Gasteiger partial charge < -0.3 is 20.6 Å². The van der Waals surface area contributed by atoms with Crippen molar-refractivity contribution in [3.05, 3.63) is 0 Å². The molecule has 0 radical (unpaired) electrons. The number of hydrogen-bond donors (Lipinski definition) is 3. The Kier molecular flexibility index (Phi) is 4.94. The van der Waals surface area contributed by atoms with Gasteiger partial charge in [0.25, 0.3) is 0 Å². The van der Waals surface area contributed by atoms with Crippen LogP contribution in [0.1, 0.15) is 13.8 Å². The van der Waals surface area contributed by atoms with E-state index in [2.05, 4.69) is 10.6 Å². The van der Waals surface area contributed by atoms with Crippen LogP contribution in [0.15, 0.2) is 0 Å². The molecular formula is C11H19N3O4. The van der Waals surface area contributed by atoms with E-state index in [0.29, 0.717) is 13.1 Å². The molecule has 1 aliphatic heterocycles. The summed E-state index contributed by atoms with van der Waals surface area (Å²) < 4.78 is 0. The van der Waals surface area contributed by atoms with E-state index in [4.69, 9.17) is 5.11 Å². The van der Waals surface area contributed by atoms with Gasteiger partial charge in [-0.15, -0.1) is 0 Å². The van der Waals surface area contributed by atoms with E-state index in [1.54, 1.807) is 13.8 Å². The van der Waals surface area contributed by atoms with Crippen LogP contribution in [-0.4, -0.2) is 54.1 Å². The lowest BCUT2D eigenvalue weighted by Crippen LogP contribution is -2.43. The minimum Gasteiger partial charge on any atom is -0.481 e. The van der Waals surface area contributed by atoms with E-state index in [1.165, 1.54) is 4.90 Å². The van der Waals surface area contributed by atoms with Gasteiger partial charge in [0.1, 0.15) is 0 Å². The Morgan fingerprint density at radius 1 is 1.28 bits per heavy atom. The highest BCUT2D eigenvalue weighted by Gasteiger charge is 2.36. The number of amides is 3. The van der Waals surface area contributed by atoms with Gasteiger partial charge in [0.05, 0.1) is 12.5 Å². The number of carboxylic acid groups (broad SMARTS) is 1. The number of likely N-dealkylation sites (tertiary alicyclic amines) is 1. The van der Waals surface area contributed by atoms with Crippen LogP contribution in [0.3, 0.4) is 0 Å². The van der Waals surface area contributed by atoms with E-state index in [-0.39, 0.29) is 24.9 Å². The number of carboxylic acids is 1. The molecule has 2 atom stereocenters. The second-order valence-electron chi connectivity index (χ2n) is 4.44. The lowest BCUT2D eigenvalue weighted by Gasteiger charge is -2.16. The van der Waals surface area contributed by atoms with Crippen LogP contribution in [0.25, 0.3) is 0 Å². The highest BCUT2D eigenvalue weighted by atomic mass is 16.4. The van der Waals surface area contributed by atoms with Gasteiger partial charge in [-0.2, -0.15) is 0 Å². The molecule has 1 aliphatic rings. The van der Waals surface area contributed by atoms with Gasteiger partial charge in [0.15, 0.2) is 0 Å². The fourth-order valence-corrected chi connectivity index (χ4v) is 1.98. The summed E-state index contributed by atoms with van der Waals surface area (Å²) in [6.45, 7) is 4.61. The Balaban J connectivity index is 2.40. The molecule has 2 unspecified atom stereocenters. The normalized spacial score (nSPS) is 22.7. The third kappa shape index (κ3) is 3.61. The Hall–Kier alpha value is -1.79. The summed E-state index contributed by atoms with van der Waals surface area (Å²) in [4.78, 5) is 35.2. The molecule has 3 N–H and O–H groups in total. The molecule has 0 aromatic heterocycles. The van der Waals surface area contributed by atoms with E-state index in [0.717, 1.165) is 0 Å². The first kappa shape index (κ1) is 14.3. The van der Waals surface area contributed by atoms with Crippen LogP contribution in [0.4, 0.5) is 4.79 Å². The van der Waals surface area contributed by atoms with E-state index >= 15 is 0 Å². The van der Waals surface area contributed by atoms with Crippen molar-refractivity contribution in [3.8, 4) is 0 Å². The average Bonchev–Trinajstić information content (AvgIpc) is 2.69. The van der Waals surface area contributed by atoms with Gasteiger partial charge in [0, 0.05) is 19.6 Å². The zero-order valence-electron chi connectivity index (χ0n) is 10.6. The number of nitrogens with one attached hydrogen (secondary N) is 2. The summed E-state index contributed by atoms with van der Waals surface area (Å²) >= 11 is 0. The Labute approximate surface area is 106 Å². The van der Waals surface area contributed by atoms with Gasteiger partial charge in [0.2, 0.25) is 5.91 Å². The molecule has 0 saturated carbocycles. The zero-order valence-corrected chi connectivity index (χ0v) is 10.6. The Bertz CT molecular complexity index is 345. The van der Waals surface area contributed by atoms with Gasteiger partial charge in [-0.25, -0.2) is 4.79 Å². The van der Waals surface area contributed by atoms with Crippen LogP contribution < -0.4 is 10.6 Å². The van der Waals surface area contributed by atoms with E-state index < -0.39 is 17.9 Å². The predicted octanol–water partition coefficient (Wildman–Crippen LogP) is -0.515. The quantitative estimate of drug-likeness (QED) is 0.631. The van der Waals surface area contributed by atoms with Gasteiger partial charge in [-0.1, -0.05) is 6.92 Å².